The Kier molecular flexibility index (Phi) is 4.22. The largest absolute Gasteiger partial charge is 0.449 e. The molecule has 3 rings (SSSR count). The van der Waals surface area contributed by atoms with Gasteiger partial charge in [-0.05, 0) is 24.1 Å². The second kappa shape index (κ2) is 6.46. The zero-order valence-electron chi connectivity index (χ0n) is 12.1. The molecule has 0 saturated carbocycles. The molecule has 0 aliphatic carbocycles. The van der Waals surface area contributed by atoms with Gasteiger partial charge in [0.25, 0.3) is 0 Å². The fraction of sp³-hybridized carbons (Fsp3) is 0.294. The van der Waals surface area contributed by atoms with Gasteiger partial charge < -0.3 is 15.1 Å². The summed E-state index contributed by atoms with van der Waals surface area (Å²) >= 11 is 0. The summed E-state index contributed by atoms with van der Waals surface area (Å²) in [6.45, 7) is 0.533. The monoisotopic (exact) mass is 295 g/mol. The smallest absolute Gasteiger partial charge is 0.220 e. The zero-order chi connectivity index (χ0) is 15.4. The highest BCUT2D eigenvalue weighted by atomic mass is 16.3. The lowest BCUT2D eigenvalue weighted by atomic mass is 9.92. The van der Waals surface area contributed by atoms with E-state index in [2.05, 4.69) is 10.6 Å². The lowest BCUT2D eigenvalue weighted by molar-refractivity contribution is -0.123. The number of hydrogen-bond donors (Lipinski definition) is 2. The van der Waals surface area contributed by atoms with Crippen molar-refractivity contribution in [2.45, 2.75) is 31.5 Å². The van der Waals surface area contributed by atoms with Gasteiger partial charge in [0.15, 0.2) is 0 Å². The second-order valence-electron chi connectivity index (χ2n) is 5.36. The Bertz CT molecular complexity index is 687. The molecule has 112 valence electrons. The van der Waals surface area contributed by atoms with Crippen LogP contribution >= 0.6 is 0 Å². The van der Waals surface area contributed by atoms with Gasteiger partial charge in [0.05, 0.1) is 12.6 Å². The standard InChI is InChI=1S/C17H17N3O2/c18-10-13-6-7-14(22-13)11-19-15-8-9-16(21)20-17(15)12-4-2-1-3-5-12/h1-7,15,17,19H,8-9,11H2,(H,20,21)/t15-,17+/m1/s1. The lowest BCUT2D eigenvalue weighted by Gasteiger charge is -2.33. The van der Waals surface area contributed by atoms with Crippen molar-refractivity contribution in [3.05, 3.63) is 59.5 Å². The van der Waals surface area contributed by atoms with E-state index in [1.165, 1.54) is 0 Å². The minimum absolute atomic E-state index is 0.0483. The third kappa shape index (κ3) is 3.18. The number of piperidine rings is 1. The maximum atomic E-state index is 11.7. The van der Waals surface area contributed by atoms with Gasteiger partial charge in [-0.25, -0.2) is 0 Å². The summed E-state index contributed by atoms with van der Waals surface area (Å²) in [5.74, 6) is 1.12. The van der Waals surface area contributed by atoms with Crippen molar-refractivity contribution in [2.24, 2.45) is 0 Å². The Labute approximate surface area is 128 Å². The number of hydrogen-bond acceptors (Lipinski definition) is 4. The summed E-state index contributed by atoms with van der Waals surface area (Å²) in [4.78, 5) is 11.7. The van der Waals surface area contributed by atoms with Crippen LogP contribution in [0.5, 0.6) is 0 Å². The van der Waals surface area contributed by atoms with E-state index in [4.69, 9.17) is 9.68 Å². The van der Waals surface area contributed by atoms with Gasteiger partial charge in [0.2, 0.25) is 11.7 Å². The first-order chi connectivity index (χ1) is 10.8. The highest BCUT2D eigenvalue weighted by Crippen LogP contribution is 2.24. The first-order valence-corrected chi connectivity index (χ1v) is 7.33. The molecule has 1 fully saturated rings. The molecule has 2 atom stereocenters. The summed E-state index contributed by atoms with van der Waals surface area (Å²) in [5, 5.41) is 15.3. The van der Waals surface area contributed by atoms with E-state index < -0.39 is 0 Å². The number of furan rings is 1. The number of nitrogens with one attached hydrogen (secondary N) is 2. The van der Waals surface area contributed by atoms with Gasteiger partial charge in [0, 0.05) is 12.5 Å². The van der Waals surface area contributed by atoms with Crippen LogP contribution in [-0.4, -0.2) is 11.9 Å². The van der Waals surface area contributed by atoms with E-state index in [-0.39, 0.29) is 18.0 Å². The van der Waals surface area contributed by atoms with Crippen molar-refractivity contribution in [1.82, 2.24) is 10.6 Å². The predicted molar refractivity (Wildman–Crippen MR) is 80.6 cm³/mol. The quantitative estimate of drug-likeness (QED) is 0.907. The van der Waals surface area contributed by atoms with Crippen LogP contribution in [0.25, 0.3) is 0 Å². The third-order valence-corrected chi connectivity index (χ3v) is 3.87. The van der Waals surface area contributed by atoms with E-state index in [0.717, 1.165) is 17.7 Å². The molecule has 1 amide bonds. The molecule has 1 aromatic carbocycles. The molecule has 0 radical (unpaired) electrons. The zero-order valence-corrected chi connectivity index (χ0v) is 12.1. The summed E-state index contributed by atoms with van der Waals surface area (Å²) in [7, 11) is 0. The normalized spacial score (nSPS) is 21.1. The van der Waals surface area contributed by atoms with Crippen LogP contribution < -0.4 is 10.6 Å². The molecule has 5 nitrogen and oxygen atoms in total. The van der Waals surface area contributed by atoms with Crippen molar-refractivity contribution < 1.29 is 9.21 Å². The predicted octanol–water partition coefficient (Wildman–Crippen LogP) is 2.26. The molecule has 0 bridgehead atoms. The summed E-state index contributed by atoms with van der Waals surface area (Å²) in [6, 6.07) is 15.5. The van der Waals surface area contributed by atoms with Crippen LogP contribution in [0.3, 0.4) is 0 Å². The molecular weight excluding hydrogens is 278 g/mol. The minimum Gasteiger partial charge on any atom is -0.449 e. The van der Waals surface area contributed by atoms with Crippen LogP contribution in [0.2, 0.25) is 0 Å². The number of nitriles is 1. The van der Waals surface area contributed by atoms with Gasteiger partial charge in [-0.15, -0.1) is 0 Å². The third-order valence-electron chi connectivity index (χ3n) is 3.87. The highest BCUT2D eigenvalue weighted by Gasteiger charge is 2.29. The molecule has 0 unspecified atom stereocenters. The molecule has 1 aromatic heterocycles. The second-order valence-corrected chi connectivity index (χ2v) is 5.36. The molecular formula is C17H17N3O2. The molecule has 0 spiro atoms. The number of carbonyl (C=O) groups excluding carboxylic acids is 1. The SMILES string of the molecule is N#Cc1ccc(CN[C@@H]2CCC(=O)N[C@H]2c2ccccc2)o1. The molecule has 2 aromatic rings. The van der Waals surface area contributed by atoms with Gasteiger partial charge in [0.1, 0.15) is 11.8 Å². The number of rotatable bonds is 4. The average Bonchev–Trinajstić information content (AvgIpc) is 3.02. The Morgan fingerprint density at radius 1 is 1.27 bits per heavy atom. The topological polar surface area (TPSA) is 78.1 Å². The van der Waals surface area contributed by atoms with E-state index in [1.807, 2.05) is 36.4 Å². The van der Waals surface area contributed by atoms with Gasteiger partial charge in [-0.3, -0.25) is 4.79 Å². The average molecular weight is 295 g/mol. The summed E-state index contributed by atoms with van der Waals surface area (Å²) < 4.78 is 5.37. The van der Waals surface area contributed by atoms with Gasteiger partial charge in [-0.2, -0.15) is 5.26 Å². The Hall–Kier alpha value is -2.58. The highest BCUT2D eigenvalue weighted by molar-refractivity contribution is 5.77. The van der Waals surface area contributed by atoms with E-state index >= 15 is 0 Å². The molecule has 1 aliphatic rings. The van der Waals surface area contributed by atoms with Crippen molar-refractivity contribution in [2.75, 3.05) is 0 Å². The van der Waals surface area contributed by atoms with Gasteiger partial charge in [-0.1, -0.05) is 30.3 Å². The maximum absolute atomic E-state index is 11.7. The summed E-state index contributed by atoms with van der Waals surface area (Å²) in [6.07, 6.45) is 1.29. The fourth-order valence-electron chi connectivity index (χ4n) is 2.76. The number of benzene rings is 1. The molecule has 1 aliphatic heterocycles. The van der Waals surface area contributed by atoms with Crippen LogP contribution in [0, 0.1) is 11.3 Å². The number of carbonyl (C=O) groups is 1. The molecule has 5 heteroatoms. The van der Waals surface area contributed by atoms with Crippen molar-refractivity contribution in [3.63, 3.8) is 0 Å². The van der Waals surface area contributed by atoms with Crippen LogP contribution in [0.1, 0.15) is 36.0 Å². The van der Waals surface area contributed by atoms with Crippen molar-refractivity contribution in [1.29, 1.82) is 5.26 Å². The van der Waals surface area contributed by atoms with E-state index in [0.29, 0.717) is 18.7 Å². The molecule has 1 saturated heterocycles. The Balaban J connectivity index is 1.70. The van der Waals surface area contributed by atoms with Crippen molar-refractivity contribution in [3.8, 4) is 6.07 Å². The molecule has 2 N–H and O–H groups in total. The van der Waals surface area contributed by atoms with Gasteiger partial charge >= 0.3 is 0 Å². The van der Waals surface area contributed by atoms with Crippen molar-refractivity contribution >= 4 is 5.91 Å². The number of amides is 1. The Morgan fingerprint density at radius 2 is 2.09 bits per heavy atom. The Morgan fingerprint density at radius 3 is 2.82 bits per heavy atom. The minimum atomic E-state index is -0.0483. The molecule has 22 heavy (non-hydrogen) atoms. The number of nitrogens with zero attached hydrogens (tertiary/aromatic N) is 1. The first kappa shape index (κ1) is 14.4. The van der Waals surface area contributed by atoms with E-state index in [9.17, 15) is 4.79 Å². The molecule has 2 heterocycles. The van der Waals surface area contributed by atoms with Crippen LogP contribution in [-0.2, 0) is 11.3 Å². The van der Waals surface area contributed by atoms with E-state index in [1.54, 1.807) is 12.1 Å². The summed E-state index contributed by atoms with van der Waals surface area (Å²) in [5.41, 5.74) is 1.09. The lowest BCUT2D eigenvalue weighted by Crippen LogP contribution is -2.48. The maximum Gasteiger partial charge on any atom is 0.220 e. The van der Waals surface area contributed by atoms with Crippen LogP contribution in [0.4, 0.5) is 0 Å². The first-order valence-electron chi connectivity index (χ1n) is 7.33. The fourth-order valence-corrected chi connectivity index (χ4v) is 2.76. The van der Waals surface area contributed by atoms with Crippen LogP contribution in [0.15, 0.2) is 46.9 Å².